The topological polar surface area (TPSA) is 40.9 Å². The number of nitriles is 1. The third-order valence-electron chi connectivity index (χ3n) is 4.13. The molecule has 0 saturated heterocycles. The Bertz CT molecular complexity index is 512. The molecule has 100 valence electrons. The lowest BCUT2D eigenvalue weighted by Gasteiger charge is -2.33. The van der Waals surface area contributed by atoms with Gasteiger partial charge in [0, 0.05) is 10.4 Å². The van der Waals surface area contributed by atoms with E-state index in [0.29, 0.717) is 10.6 Å². The monoisotopic (exact) mass is 275 g/mol. The Hall–Kier alpha value is -1.33. The Labute approximate surface area is 119 Å². The van der Waals surface area contributed by atoms with Crippen molar-refractivity contribution < 1.29 is 4.79 Å². The van der Waals surface area contributed by atoms with Gasteiger partial charge in [-0.25, -0.2) is 0 Å². The van der Waals surface area contributed by atoms with Crippen LogP contribution in [-0.4, -0.2) is 5.78 Å². The van der Waals surface area contributed by atoms with E-state index in [1.165, 1.54) is 6.42 Å². The standard InChI is InChI=1S/C16H18ClNO/c1-16(8-3-2-4-9-16)15(19)14(11-18)12-6-5-7-13(17)10-12/h5-7,10,14H,2-4,8-9H2,1H3. The molecule has 3 heteroatoms. The Kier molecular flexibility index (Phi) is 4.27. The van der Waals surface area contributed by atoms with Gasteiger partial charge in [-0.2, -0.15) is 5.26 Å². The van der Waals surface area contributed by atoms with E-state index in [-0.39, 0.29) is 11.2 Å². The fourth-order valence-electron chi connectivity index (χ4n) is 2.90. The molecule has 1 unspecified atom stereocenters. The van der Waals surface area contributed by atoms with E-state index in [4.69, 9.17) is 11.6 Å². The Balaban J connectivity index is 2.27. The minimum Gasteiger partial charge on any atom is -0.297 e. The predicted octanol–water partition coefficient (Wildman–Crippen LogP) is 4.49. The summed E-state index contributed by atoms with van der Waals surface area (Å²) < 4.78 is 0. The SMILES string of the molecule is CC1(C(=O)C(C#N)c2cccc(Cl)c2)CCCCC1. The first kappa shape index (κ1) is 14.1. The highest BCUT2D eigenvalue weighted by atomic mass is 35.5. The number of carbonyl (C=O) groups is 1. The van der Waals surface area contributed by atoms with Gasteiger partial charge in [-0.15, -0.1) is 0 Å². The van der Waals surface area contributed by atoms with Crippen molar-refractivity contribution in [3.8, 4) is 6.07 Å². The highest BCUT2D eigenvalue weighted by molar-refractivity contribution is 6.30. The van der Waals surface area contributed by atoms with Gasteiger partial charge in [-0.3, -0.25) is 4.79 Å². The molecule has 1 fully saturated rings. The van der Waals surface area contributed by atoms with E-state index >= 15 is 0 Å². The zero-order valence-electron chi connectivity index (χ0n) is 11.2. The molecule has 1 atom stereocenters. The maximum Gasteiger partial charge on any atom is 0.160 e. The molecule has 0 radical (unpaired) electrons. The van der Waals surface area contributed by atoms with Gasteiger partial charge >= 0.3 is 0 Å². The van der Waals surface area contributed by atoms with Gasteiger partial charge < -0.3 is 0 Å². The molecule has 1 aromatic rings. The van der Waals surface area contributed by atoms with Crippen LogP contribution in [0.2, 0.25) is 5.02 Å². The van der Waals surface area contributed by atoms with Crippen molar-refractivity contribution in [3.05, 3.63) is 34.9 Å². The number of hydrogen-bond acceptors (Lipinski definition) is 2. The lowest BCUT2D eigenvalue weighted by molar-refractivity contribution is -0.129. The Morgan fingerprint density at radius 2 is 2.05 bits per heavy atom. The van der Waals surface area contributed by atoms with Crippen LogP contribution in [0.5, 0.6) is 0 Å². The molecular weight excluding hydrogens is 258 g/mol. The highest BCUT2D eigenvalue weighted by Crippen LogP contribution is 2.40. The largest absolute Gasteiger partial charge is 0.297 e. The summed E-state index contributed by atoms with van der Waals surface area (Å²) in [5.74, 6) is -0.640. The van der Waals surface area contributed by atoms with Gasteiger partial charge in [0.15, 0.2) is 5.78 Å². The summed E-state index contributed by atoms with van der Waals surface area (Å²) in [6.45, 7) is 2.00. The Morgan fingerprint density at radius 1 is 1.37 bits per heavy atom. The van der Waals surface area contributed by atoms with Crippen LogP contribution in [0.1, 0.15) is 50.5 Å². The summed E-state index contributed by atoms with van der Waals surface area (Å²) in [4.78, 5) is 12.7. The van der Waals surface area contributed by atoms with E-state index < -0.39 is 5.92 Å². The van der Waals surface area contributed by atoms with Gasteiger partial charge in [0.1, 0.15) is 5.92 Å². The molecule has 19 heavy (non-hydrogen) atoms. The lowest BCUT2D eigenvalue weighted by Crippen LogP contribution is -2.34. The maximum absolute atomic E-state index is 12.7. The summed E-state index contributed by atoms with van der Waals surface area (Å²) in [5, 5.41) is 9.94. The second kappa shape index (κ2) is 5.75. The average molecular weight is 276 g/mol. The zero-order chi connectivity index (χ0) is 13.9. The van der Waals surface area contributed by atoms with E-state index in [1.54, 1.807) is 18.2 Å². The van der Waals surface area contributed by atoms with Crippen LogP contribution in [0, 0.1) is 16.7 Å². The van der Waals surface area contributed by atoms with Crippen molar-refractivity contribution >= 4 is 17.4 Å². The molecule has 2 nitrogen and oxygen atoms in total. The number of ketones is 1. The van der Waals surface area contributed by atoms with Crippen molar-refractivity contribution in [2.45, 2.75) is 44.9 Å². The smallest absolute Gasteiger partial charge is 0.160 e. The number of halogens is 1. The van der Waals surface area contributed by atoms with Crippen molar-refractivity contribution in [1.82, 2.24) is 0 Å². The first-order chi connectivity index (χ1) is 9.07. The number of rotatable bonds is 3. The van der Waals surface area contributed by atoms with E-state index in [2.05, 4.69) is 6.07 Å². The second-order valence-corrected chi connectivity index (χ2v) is 6.04. The van der Waals surface area contributed by atoms with E-state index in [1.807, 2.05) is 13.0 Å². The number of nitrogens with zero attached hydrogens (tertiary/aromatic N) is 1. The van der Waals surface area contributed by atoms with Crippen LogP contribution in [-0.2, 0) is 4.79 Å². The number of hydrogen-bond donors (Lipinski definition) is 0. The average Bonchev–Trinajstić information content (AvgIpc) is 2.40. The fraction of sp³-hybridized carbons (Fsp3) is 0.500. The van der Waals surface area contributed by atoms with Crippen LogP contribution in [0.15, 0.2) is 24.3 Å². The molecule has 1 aliphatic rings. The zero-order valence-corrected chi connectivity index (χ0v) is 11.9. The van der Waals surface area contributed by atoms with Crippen LogP contribution in [0.25, 0.3) is 0 Å². The molecule has 0 bridgehead atoms. The fourth-order valence-corrected chi connectivity index (χ4v) is 3.10. The minimum atomic E-state index is -0.693. The highest BCUT2D eigenvalue weighted by Gasteiger charge is 2.39. The summed E-state index contributed by atoms with van der Waals surface area (Å²) >= 11 is 5.95. The molecule has 0 amide bonds. The number of carbonyl (C=O) groups excluding carboxylic acids is 1. The lowest BCUT2D eigenvalue weighted by atomic mass is 9.68. The molecular formula is C16H18ClNO. The van der Waals surface area contributed by atoms with Gasteiger partial charge in [-0.1, -0.05) is 49.9 Å². The molecule has 0 N–H and O–H groups in total. The van der Waals surface area contributed by atoms with E-state index in [0.717, 1.165) is 25.7 Å². The van der Waals surface area contributed by atoms with Crippen molar-refractivity contribution in [2.75, 3.05) is 0 Å². The minimum absolute atomic E-state index is 0.0527. The molecule has 0 heterocycles. The van der Waals surface area contributed by atoms with Crippen molar-refractivity contribution in [2.24, 2.45) is 5.41 Å². The summed E-state index contributed by atoms with van der Waals surface area (Å²) in [6, 6.07) is 9.24. The normalized spacial score (nSPS) is 19.4. The first-order valence-corrected chi connectivity index (χ1v) is 7.14. The van der Waals surface area contributed by atoms with Crippen LogP contribution in [0.4, 0.5) is 0 Å². The summed E-state index contributed by atoms with van der Waals surface area (Å²) in [5.41, 5.74) is 0.368. The van der Waals surface area contributed by atoms with Gasteiger partial charge in [0.2, 0.25) is 0 Å². The second-order valence-electron chi connectivity index (χ2n) is 5.60. The van der Waals surface area contributed by atoms with Gasteiger partial charge in [-0.05, 0) is 30.5 Å². The van der Waals surface area contributed by atoms with Crippen molar-refractivity contribution in [1.29, 1.82) is 5.26 Å². The Morgan fingerprint density at radius 3 is 2.63 bits per heavy atom. The molecule has 1 saturated carbocycles. The van der Waals surface area contributed by atoms with Gasteiger partial charge in [0.25, 0.3) is 0 Å². The van der Waals surface area contributed by atoms with E-state index in [9.17, 15) is 10.1 Å². The third-order valence-corrected chi connectivity index (χ3v) is 4.36. The molecule has 0 aliphatic heterocycles. The molecule has 2 rings (SSSR count). The first-order valence-electron chi connectivity index (χ1n) is 6.76. The van der Waals surface area contributed by atoms with Crippen LogP contribution in [0.3, 0.4) is 0 Å². The van der Waals surface area contributed by atoms with Crippen LogP contribution < -0.4 is 0 Å². The number of Topliss-reactive ketones (excluding diaryl/α,β-unsaturated/α-hetero) is 1. The third kappa shape index (κ3) is 2.98. The van der Waals surface area contributed by atoms with Gasteiger partial charge in [0.05, 0.1) is 6.07 Å². The summed E-state index contributed by atoms with van der Waals surface area (Å²) in [6.07, 6.45) is 5.14. The molecule has 0 aromatic heterocycles. The maximum atomic E-state index is 12.7. The summed E-state index contributed by atoms with van der Waals surface area (Å²) in [7, 11) is 0. The van der Waals surface area contributed by atoms with Crippen molar-refractivity contribution in [3.63, 3.8) is 0 Å². The molecule has 1 aliphatic carbocycles. The number of benzene rings is 1. The molecule has 1 aromatic carbocycles. The molecule has 0 spiro atoms. The van der Waals surface area contributed by atoms with Crippen LogP contribution >= 0.6 is 11.6 Å². The predicted molar refractivity (Wildman–Crippen MR) is 76.0 cm³/mol. The quantitative estimate of drug-likeness (QED) is 0.816.